The molecule has 3 unspecified atom stereocenters. The molecule has 0 spiro atoms. The van der Waals surface area contributed by atoms with Crippen molar-refractivity contribution in [3.8, 4) is 0 Å². The van der Waals surface area contributed by atoms with Crippen LogP contribution >= 0.6 is 15.9 Å². The largest absolute Gasteiger partial charge is 0.478 e. The van der Waals surface area contributed by atoms with Crippen LogP contribution in [0.4, 0.5) is 5.69 Å². The summed E-state index contributed by atoms with van der Waals surface area (Å²) in [5, 5.41) is 13.0. The quantitative estimate of drug-likeness (QED) is 0.824. The Morgan fingerprint density at radius 3 is 2.67 bits per heavy atom. The summed E-state index contributed by atoms with van der Waals surface area (Å²) in [7, 11) is 0. The topological polar surface area (TPSA) is 49.3 Å². The first-order valence-corrected chi connectivity index (χ1v) is 8.33. The second-order valence-electron chi connectivity index (χ2n) is 7.49. The molecule has 2 aliphatic carbocycles. The lowest BCUT2D eigenvalue weighted by atomic mass is 9.68. The number of carbonyl (C=O) groups is 1. The van der Waals surface area contributed by atoms with E-state index in [9.17, 15) is 9.90 Å². The standard InChI is InChI=1S/C17H22BrNO2/c1-16(2)10-6-7-17(3,9-10)15(16)19-13-5-4-11(18)8-12(13)14(20)21/h4-5,8,10,15,19H,6-7,9H2,1-3H3,(H,20,21). The van der Waals surface area contributed by atoms with Gasteiger partial charge in [0.15, 0.2) is 0 Å². The highest BCUT2D eigenvalue weighted by Crippen LogP contribution is 2.63. The van der Waals surface area contributed by atoms with E-state index in [1.54, 1.807) is 6.07 Å². The van der Waals surface area contributed by atoms with Gasteiger partial charge in [0.2, 0.25) is 0 Å². The molecule has 0 radical (unpaired) electrons. The average Bonchev–Trinajstić information content (AvgIpc) is 2.87. The molecule has 21 heavy (non-hydrogen) atoms. The maximum absolute atomic E-state index is 11.5. The molecule has 0 heterocycles. The van der Waals surface area contributed by atoms with Gasteiger partial charge in [-0.25, -0.2) is 4.79 Å². The number of aromatic carboxylic acids is 1. The lowest BCUT2D eigenvalue weighted by Crippen LogP contribution is -2.46. The minimum Gasteiger partial charge on any atom is -0.478 e. The third-order valence-corrected chi connectivity index (χ3v) is 6.27. The van der Waals surface area contributed by atoms with Crippen molar-refractivity contribution in [2.24, 2.45) is 16.7 Å². The Labute approximate surface area is 134 Å². The minimum absolute atomic E-state index is 0.204. The molecular formula is C17H22BrNO2. The van der Waals surface area contributed by atoms with Crippen molar-refractivity contribution in [1.29, 1.82) is 0 Å². The summed E-state index contributed by atoms with van der Waals surface area (Å²) in [5.41, 5.74) is 1.55. The van der Waals surface area contributed by atoms with Gasteiger partial charge in [0.1, 0.15) is 0 Å². The minimum atomic E-state index is -0.884. The number of fused-ring (bicyclic) bond motifs is 2. The number of carboxylic acid groups (broad SMARTS) is 1. The Morgan fingerprint density at radius 2 is 2.10 bits per heavy atom. The van der Waals surface area contributed by atoms with Crippen LogP contribution < -0.4 is 5.32 Å². The Morgan fingerprint density at radius 1 is 1.38 bits per heavy atom. The highest BCUT2D eigenvalue weighted by atomic mass is 79.9. The molecule has 2 aliphatic rings. The van der Waals surface area contributed by atoms with E-state index in [0.717, 1.165) is 16.1 Å². The molecule has 2 N–H and O–H groups in total. The van der Waals surface area contributed by atoms with Gasteiger partial charge < -0.3 is 10.4 Å². The van der Waals surface area contributed by atoms with Crippen LogP contribution in [0.3, 0.4) is 0 Å². The Kier molecular flexibility index (Phi) is 3.36. The molecule has 3 nitrogen and oxygen atoms in total. The monoisotopic (exact) mass is 351 g/mol. The number of halogens is 1. The molecule has 2 bridgehead atoms. The first-order valence-electron chi connectivity index (χ1n) is 7.53. The van der Waals surface area contributed by atoms with Gasteiger partial charge in [-0.1, -0.05) is 36.7 Å². The van der Waals surface area contributed by atoms with Crippen LogP contribution in [0.1, 0.15) is 50.4 Å². The molecule has 0 aliphatic heterocycles. The molecule has 0 saturated heterocycles. The summed E-state index contributed by atoms with van der Waals surface area (Å²) < 4.78 is 0.795. The van der Waals surface area contributed by atoms with Crippen molar-refractivity contribution in [3.05, 3.63) is 28.2 Å². The molecule has 1 aromatic carbocycles. The zero-order valence-electron chi connectivity index (χ0n) is 12.7. The van der Waals surface area contributed by atoms with E-state index in [0.29, 0.717) is 11.6 Å². The van der Waals surface area contributed by atoms with E-state index >= 15 is 0 Å². The lowest BCUT2D eigenvalue weighted by molar-refractivity contribution is 0.0697. The van der Waals surface area contributed by atoms with Gasteiger partial charge >= 0.3 is 5.97 Å². The van der Waals surface area contributed by atoms with Crippen LogP contribution in [0.25, 0.3) is 0 Å². The van der Waals surface area contributed by atoms with Crippen LogP contribution in [0.2, 0.25) is 0 Å². The molecule has 3 rings (SSSR count). The van der Waals surface area contributed by atoms with E-state index in [4.69, 9.17) is 0 Å². The Bertz CT molecular complexity index is 594. The zero-order valence-corrected chi connectivity index (χ0v) is 14.3. The number of nitrogens with one attached hydrogen (secondary N) is 1. The first-order chi connectivity index (χ1) is 9.74. The molecule has 114 valence electrons. The van der Waals surface area contributed by atoms with E-state index in [1.807, 2.05) is 12.1 Å². The van der Waals surface area contributed by atoms with Crippen molar-refractivity contribution >= 4 is 27.6 Å². The number of rotatable bonds is 3. The molecular weight excluding hydrogens is 330 g/mol. The van der Waals surface area contributed by atoms with Crippen molar-refractivity contribution in [3.63, 3.8) is 0 Å². The van der Waals surface area contributed by atoms with Gasteiger partial charge in [-0.2, -0.15) is 0 Å². The summed E-state index contributed by atoms with van der Waals surface area (Å²) in [6, 6.07) is 5.77. The van der Waals surface area contributed by atoms with Crippen LogP contribution in [-0.2, 0) is 0 Å². The fraction of sp³-hybridized carbons (Fsp3) is 0.588. The van der Waals surface area contributed by atoms with Gasteiger partial charge in [0.25, 0.3) is 0 Å². The lowest BCUT2D eigenvalue weighted by Gasteiger charge is -2.43. The van der Waals surface area contributed by atoms with Gasteiger partial charge in [-0.15, -0.1) is 0 Å². The SMILES string of the molecule is CC12CCC(C1)C(C)(C)C2Nc1ccc(Br)cc1C(=O)O. The molecule has 1 aromatic rings. The molecule has 0 aromatic heterocycles. The van der Waals surface area contributed by atoms with Crippen molar-refractivity contribution in [2.45, 2.75) is 46.1 Å². The van der Waals surface area contributed by atoms with Gasteiger partial charge in [0, 0.05) is 16.2 Å². The fourth-order valence-electron chi connectivity index (χ4n) is 4.64. The Hall–Kier alpha value is -1.03. The Balaban J connectivity index is 1.96. The van der Waals surface area contributed by atoms with Gasteiger partial charge in [0.05, 0.1) is 5.56 Å². The predicted molar refractivity (Wildman–Crippen MR) is 87.7 cm³/mol. The number of hydrogen-bond donors (Lipinski definition) is 2. The normalized spacial score (nSPS) is 33.1. The summed E-state index contributed by atoms with van der Waals surface area (Å²) in [6.07, 6.45) is 3.78. The molecule has 0 amide bonds. The molecule has 2 saturated carbocycles. The van der Waals surface area contributed by atoms with E-state index in [2.05, 4.69) is 42.0 Å². The maximum atomic E-state index is 11.5. The van der Waals surface area contributed by atoms with E-state index in [-0.39, 0.29) is 10.8 Å². The third kappa shape index (κ3) is 2.28. The predicted octanol–water partition coefficient (Wildman–Crippen LogP) is 4.77. The van der Waals surface area contributed by atoms with Crippen LogP contribution in [0, 0.1) is 16.7 Å². The van der Waals surface area contributed by atoms with Crippen LogP contribution in [0.15, 0.2) is 22.7 Å². The number of benzene rings is 1. The second kappa shape index (κ2) is 4.73. The average molecular weight is 352 g/mol. The number of anilines is 1. The summed E-state index contributed by atoms with van der Waals surface area (Å²) in [5.74, 6) is -0.145. The number of hydrogen-bond acceptors (Lipinski definition) is 2. The van der Waals surface area contributed by atoms with E-state index in [1.165, 1.54) is 19.3 Å². The van der Waals surface area contributed by atoms with Gasteiger partial charge in [-0.05, 0) is 54.2 Å². The van der Waals surface area contributed by atoms with Crippen molar-refractivity contribution in [2.75, 3.05) is 5.32 Å². The highest BCUT2D eigenvalue weighted by Gasteiger charge is 2.59. The summed E-state index contributed by atoms with van der Waals surface area (Å²) in [4.78, 5) is 11.5. The van der Waals surface area contributed by atoms with Crippen LogP contribution in [-0.4, -0.2) is 17.1 Å². The van der Waals surface area contributed by atoms with Crippen molar-refractivity contribution < 1.29 is 9.90 Å². The van der Waals surface area contributed by atoms with Gasteiger partial charge in [-0.3, -0.25) is 0 Å². The maximum Gasteiger partial charge on any atom is 0.337 e. The summed E-state index contributed by atoms with van der Waals surface area (Å²) >= 11 is 3.35. The first kappa shape index (κ1) is 14.9. The second-order valence-corrected chi connectivity index (χ2v) is 8.40. The zero-order chi connectivity index (χ0) is 15.4. The fourth-order valence-corrected chi connectivity index (χ4v) is 5.00. The number of carboxylic acids is 1. The molecule has 3 atom stereocenters. The van der Waals surface area contributed by atoms with E-state index < -0.39 is 5.97 Å². The summed E-state index contributed by atoms with van der Waals surface area (Å²) in [6.45, 7) is 6.98. The van der Waals surface area contributed by atoms with Crippen LogP contribution in [0.5, 0.6) is 0 Å². The molecule has 2 fully saturated rings. The highest BCUT2D eigenvalue weighted by molar-refractivity contribution is 9.10. The smallest absolute Gasteiger partial charge is 0.337 e. The third-order valence-electron chi connectivity index (χ3n) is 5.78. The van der Waals surface area contributed by atoms with Crippen molar-refractivity contribution in [1.82, 2.24) is 0 Å². The molecule has 4 heteroatoms.